The van der Waals surface area contributed by atoms with E-state index in [2.05, 4.69) is 10.6 Å². The van der Waals surface area contributed by atoms with Gasteiger partial charge in [-0.3, -0.25) is 19.7 Å². The molecular formula is C19H20ClN3O5S2. The lowest BCUT2D eigenvalue weighted by Crippen LogP contribution is -2.60. The van der Waals surface area contributed by atoms with Crippen molar-refractivity contribution in [2.24, 2.45) is 0 Å². The van der Waals surface area contributed by atoms with Gasteiger partial charge >= 0.3 is 5.97 Å². The molecule has 1 fully saturated rings. The molecule has 1 atom stereocenters. The molecule has 1 saturated heterocycles. The Hall–Kier alpha value is -2.43. The predicted molar refractivity (Wildman–Crippen MR) is 118 cm³/mol. The minimum Gasteiger partial charge on any atom is -0.497 e. The van der Waals surface area contributed by atoms with Crippen molar-refractivity contribution in [1.29, 1.82) is 0 Å². The number of esters is 1. The fourth-order valence-corrected chi connectivity index (χ4v) is 4.83. The fourth-order valence-electron chi connectivity index (χ4n) is 3.08. The van der Waals surface area contributed by atoms with Crippen molar-refractivity contribution in [3.8, 4) is 5.75 Å². The van der Waals surface area contributed by atoms with Crippen LogP contribution in [0.4, 0.5) is 0 Å². The molecule has 2 aromatic rings. The number of piperazine rings is 1. The molecule has 160 valence electrons. The van der Waals surface area contributed by atoms with Gasteiger partial charge in [-0.25, -0.2) is 0 Å². The van der Waals surface area contributed by atoms with E-state index < -0.39 is 17.9 Å². The van der Waals surface area contributed by atoms with Gasteiger partial charge in [0.15, 0.2) is 5.11 Å². The highest BCUT2D eigenvalue weighted by Gasteiger charge is 2.34. The molecule has 11 heteroatoms. The van der Waals surface area contributed by atoms with Crippen LogP contribution in [0.2, 0.25) is 5.02 Å². The van der Waals surface area contributed by atoms with Crippen LogP contribution in [0.15, 0.2) is 18.2 Å². The van der Waals surface area contributed by atoms with Gasteiger partial charge in [-0.2, -0.15) is 0 Å². The molecule has 2 N–H and O–H groups in total. The minimum atomic E-state index is -0.854. The minimum absolute atomic E-state index is 0.0512. The Balaban J connectivity index is 1.77. The Bertz CT molecular complexity index is 1010. The van der Waals surface area contributed by atoms with Gasteiger partial charge in [0.05, 0.1) is 25.2 Å². The average Bonchev–Trinajstić information content (AvgIpc) is 3.05. The monoisotopic (exact) mass is 469 g/mol. The molecule has 1 unspecified atom stereocenters. The lowest BCUT2D eigenvalue weighted by atomic mass is 10.1. The van der Waals surface area contributed by atoms with Crippen LogP contribution >= 0.6 is 35.2 Å². The van der Waals surface area contributed by atoms with E-state index in [1.54, 1.807) is 32.2 Å². The number of methoxy groups -OCH3 is 1. The highest BCUT2D eigenvalue weighted by Crippen LogP contribution is 2.37. The summed E-state index contributed by atoms with van der Waals surface area (Å²) in [4.78, 5) is 38.8. The summed E-state index contributed by atoms with van der Waals surface area (Å²) in [5.41, 5.74) is 0. The number of carbonyl (C=O) groups is 3. The quantitative estimate of drug-likeness (QED) is 0.512. The number of ether oxygens (including phenoxy) is 2. The number of rotatable bonds is 5. The molecule has 2 amide bonds. The summed E-state index contributed by atoms with van der Waals surface area (Å²) in [6.45, 7) is 2.60. The smallest absolute Gasteiger partial charge is 0.308 e. The molecule has 0 aliphatic carbocycles. The highest BCUT2D eigenvalue weighted by molar-refractivity contribution is 7.80. The van der Waals surface area contributed by atoms with Crippen molar-refractivity contribution in [3.63, 3.8) is 0 Å². The Morgan fingerprint density at radius 2 is 2.20 bits per heavy atom. The number of thiocarbonyl (C=S) groups is 1. The number of thiophene rings is 1. The van der Waals surface area contributed by atoms with E-state index >= 15 is 0 Å². The number of hydrogen-bond acceptors (Lipinski definition) is 7. The van der Waals surface area contributed by atoms with Crippen molar-refractivity contribution in [3.05, 3.63) is 28.1 Å². The van der Waals surface area contributed by atoms with Crippen molar-refractivity contribution in [2.75, 3.05) is 26.8 Å². The zero-order valence-electron chi connectivity index (χ0n) is 16.3. The zero-order chi connectivity index (χ0) is 21.8. The number of halogens is 1. The normalized spacial score (nSPS) is 16.2. The number of benzene rings is 1. The van der Waals surface area contributed by atoms with Gasteiger partial charge in [-0.1, -0.05) is 11.6 Å². The second kappa shape index (κ2) is 9.59. The van der Waals surface area contributed by atoms with Crippen LogP contribution in [0, 0.1) is 0 Å². The van der Waals surface area contributed by atoms with Crippen LogP contribution in [0.25, 0.3) is 10.1 Å². The summed E-state index contributed by atoms with van der Waals surface area (Å²) in [7, 11) is 1.56. The van der Waals surface area contributed by atoms with Gasteiger partial charge in [0.2, 0.25) is 5.91 Å². The van der Waals surface area contributed by atoms with E-state index in [4.69, 9.17) is 33.3 Å². The van der Waals surface area contributed by atoms with Crippen molar-refractivity contribution in [1.82, 2.24) is 15.5 Å². The Morgan fingerprint density at radius 3 is 2.90 bits per heavy atom. The van der Waals surface area contributed by atoms with Gasteiger partial charge in [0.25, 0.3) is 5.91 Å². The summed E-state index contributed by atoms with van der Waals surface area (Å²) in [5.74, 6) is -0.687. The first-order valence-corrected chi connectivity index (χ1v) is 10.8. The van der Waals surface area contributed by atoms with Crippen molar-refractivity contribution >= 4 is 68.1 Å². The largest absolute Gasteiger partial charge is 0.497 e. The molecule has 30 heavy (non-hydrogen) atoms. The predicted octanol–water partition coefficient (Wildman–Crippen LogP) is 2.33. The molecule has 2 heterocycles. The summed E-state index contributed by atoms with van der Waals surface area (Å²) in [5, 5.41) is 6.43. The molecule has 0 bridgehead atoms. The van der Waals surface area contributed by atoms with Crippen LogP contribution < -0.4 is 15.4 Å². The second-order valence-electron chi connectivity index (χ2n) is 6.38. The fraction of sp³-hybridized carbons (Fsp3) is 0.368. The molecule has 1 aromatic carbocycles. The first-order chi connectivity index (χ1) is 14.3. The number of nitrogens with zero attached hydrogens (tertiary/aromatic N) is 1. The third-order valence-electron chi connectivity index (χ3n) is 4.52. The van der Waals surface area contributed by atoms with Gasteiger partial charge < -0.3 is 19.7 Å². The molecule has 1 aliphatic heterocycles. The van der Waals surface area contributed by atoms with Gasteiger partial charge in [-0.15, -0.1) is 11.3 Å². The number of hydrogen-bond donors (Lipinski definition) is 2. The van der Waals surface area contributed by atoms with Gasteiger partial charge in [-0.05, 0) is 37.3 Å². The number of amides is 2. The SMILES string of the molecule is CCOC(=O)CC1C(=O)NCCN1C(=S)NC(=O)c1sc2cc(OC)ccc2c1Cl. The summed E-state index contributed by atoms with van der Waals surface area (Å²) < 4.78 is 10.9. The van der Waals surface area contributed by atoms with Gasteiger partial charge in [0, 0.05) is 23.2 Å². The highest BCUT2D eigenvalue weighted by atomic mass is 35.5. The van der Waals surface area contributed by atoms with Crippen LogP contribution in [-0.4, -0.2) is 60.6 Å². The Morgan fingerprint density at radius 1 is 1.43 bits per heavy atom. The van der Waals surface area contributed by atoms with E-state index in [-0.39, 0.29) is 24.0 Å². The molecule has 3 rings (SSSR count). The first-order valence-electron chi connectivity index (χ1n) is 9.17. The van der Waals surface area contributed by atoms with E-state index in [1.165, 1.54) is 16.2 Å². The van der Waals surface area contributed by atoms with Crippen LogP contribution in [-0.2, 0) is 14.3 Å². The van der Waals surface area contributed by atoms with Crippen molar-refractivity contribution in [2.45, 2.75) is 19.4 Å². The van der Waals surface area contributed by atoms with E-state index in [0.29, 0.717) is 28.7 Å². The van der Waals surface area contributed by atoms with Crippen LogP contribution in [0.1, 0.15) is 23.0 Å². The zero-order valence-corrected chi connectivity index (χ0v) is 18.7. The molecule has 0 saturated carbocycles. The maximum atomic E-state index is 12.8. The molecule has 1 aliphatic rings. The van der Waals surface area contributed by atoms with Crippen molar-refractivity contribution < 1.29 is 23.9 Å². The molecule has 8 nitrogen and oxygen atoms in total. The number of carbonyl (C=O) groups excluding carboxylic acids is 3. The molecular weight excluding hydrogens is 450 g/mol. The Labute approximate surface area is 187 Å². The van der Waals surface area contributed by atoms with E-state index in [1.807, 2.05) is 0 Å². The lowest BCUT2D eigenvalue weighted by molar-refractivity contribution is -0.147. The maximum absolute atomic E-state index is 12.8. The van der Waals surface area contributed by atoms with E-state index in [0.717, 1.165) is 10.1 Å². The number of fused-ring (bicyclic) bond motifs is 1. The Kier molecular flexibility index (Phi) is 7.11. The molecule has 0 radical (unpaired) electrons. The van der Waals surface area contributed by atoms with Crippen LogP contribution in [0.5, 0.6) is 5.75 Å². The number of nitrogens with one attached hydrogen (secondary N) is 2. The third-order valence-corrected chi connectivity index (χ3v) is 6.51. The lowest BCUT2D eigenvalue weighted by Gasteiger charge is -2.36. The third kappa shape index (κ3) is 4.66. The van der Waals surface area contributed by atoms with E-state index in [9.17, 15) is 14.4 Å². The summed E-state index contributed by atoms with van der Waals surface area (Å²) in [6.07, 6.45) is -0.168. The molecule has 1 aromatic heterocycles. The summed E-state index contributed by atoms with van der Waals surface area (Å²) >= 11 is 13.0. The average molecular weight is 470 g/mol. The van der Waals surface area contributed by atoms with Gasteiger partial charge in [0.1, 0.15) is 16.7 Å². The summed E-state index contributed by atoms with van der Waals surface area (Å²) in [6, 6.07) is 4.49. The first kappa shape index (κ1) is 22.3. The topological polar surface area (TPSA) is 97.0 Å². The molecule has 0 spiro atoms. The standard InChI is InChI=1S/C19H20ClN3O5S2/c1-3-28-14(24)9-12-17(25)21-6-7-23(12)19(29)22-18(26)16-15(20)11-5-4-10(27-2)8-13(11)30-16/h4-5,8,12H,3,6-7,9H2,1-2H3,(H,21,25)(H,22,26,29). The maximum Gasteiger partial charge on any atom is 0.308 e. The van der Waals surface area contributed by atoms with Crippen LogP contribution in [0.3, 0.4) is 0 Å². The second-order valence-corrected chi connectivity index (χ2v) is 8.19.